The lowest BCUT2D eigenvalue weighted by atomic mass is 10.3. The molecule has 0 unspecified atom stereocenters. The summed E-state index contributed by atoms with van der Waals surface area (Å²) < 4.78 is 1.49. The van der Waals surface area contributed by atoms with Crippen molar-refractivity contribution in [2.24, 2.45) is 0 Å². The van der Waals surface area contributed by atoms with Gasteiger partial charge in [-0.25, -0.2) is 9.97 Å². The number of nitrogens with one attached hydrogen (secondary N) is 1. The Labute approximate surface area is 125 Å². The number of benzene rings is 1. The van der Waals surface area contributed by atoms with E-state index in [1.165, 1.54) is 6.33 Å². The summed E-state index contributed by atoms with van der Waals surface area (Å²) in [4.78, 5) is 7.96. The molecule has 0 aliphatic rings. The maximum atomic E-state index is 6.12. The second-order valence-electron chi connectivity index (χ2n) is 3.07. The van der Waals surface area contributed by atoms with Crippen molar-refractivity contribution in [3.05, 3.63) is 43.6 Å². The fourth-order valence-corrected chi connectivity index (χ4v) is 2.30. The van der Waals surface area contributed by atoms with E-state index in [4.69, 9.17) is 23.2 Å². The molecule has 3 nitrogen and oxygen atoms in total. The lowest BCUT2D eigenvalue weighted by Gasteiger charge is -2.10. The third-order valence-electron chi connectivity index (χ3n) is 1.96. The van der Waals surface area contributed by atoms with Gasteiger partial charge < -0.3 is 5.32 Å². The van der Waals surface area contributed by atoms with Crippen LogP contribution in [0.3, 0.4) is 0 Å². The molecule has 0 saturated carbocycles. The first-order chi connectivity index (χ1) is 8.09. The maximum absolute atomic E-state index is 6.12. The largest absolute Gasteiger partial charge is 0.338 e. The highest BCUT2D eigenvalue weighted by Gasteiger charge is 2.10. The molecule has 0 saturated heterocycles. The van der Waals surface area contributed by atoms with Gasteiger partial charge in [-0.15, -0.1) is 0 Å². The Bertz CT molecular complexity index is 563. The van der Waals surface area contributed by atoms with Crippen LogP contribution in [0.4, 0.5) is 11.5 Å². The van der Waals surface area contributed by atoms with Crippen molar-refractivity contribution >= 4 is 66.6 Å². The van der Waals surface area contributed by atoms with Crippen LogP contribution in [-0.4, -0.2) is 9.97 Å². The quantitative estimate of drug-likeness (QED) is 0.720. The molecule has 7 heteroatoms. The molecule has 0 atom stereocenters. The zero-order valence-corrected chi connectivity index (χ0v) is 12.9. The van der Waals surface area contributed by atoms with Gasteiger partial charge in [-0.1, -0.05) is 23.2 Å². The Morgan fingerprint density at radius 2 is 1.82 bits per heavy atom. The van der Waals surface area contributed by atoms with Gasteiger partial charge in [0.05, 0.1) is 20.2 Å². The van der Waals surface area contributed by atoms with Crippen molar-refractivity contribution in [2.45, 2.75) is 0 Å². The van der Waals surface area contributed by atoms with Crippen LogP contribution in [0.5, 0.6) is 0 Å². The van der Waals surface area contributed by atoms with Gasteiger partial charge in [-0.05, 0) is 44.0 Å². The van der Waals surface area contributed by atoms with E-state index in [0.29, 0.717) is 21.6 Å². The SMILES string of the molecule is Clc1c(Br)ccc(Nc2ncncc2Br)c1Cl. The van der Waals surface area contributed by atoms with Crippen molar-refractivity contribution in [3.8, 4) is 0 Å². The second-order valence-corrected chi connectivity index (χ2v) is 5.53. The molecule has 0 aliphatic carbocycles. The minimum absolute atomic E-state index is 0.437. The number of hydrogen-bond donors (Lipinski definition) is 1. The van der Waals surface area contributed by atoms with Crippen molar-refractivity contribution in [1.29, 1.82) is 0 Å². The van der Waals surface area contributed by atoms with Gasteiger partial charge in [0.1, 0.15) is 12.1 Å². The molecule has 0 radical (unpaired) electrons. The molecule has 0 aliphatic heterocycles. The Morgan fingerprint density at radius 3 is 2.53 bits per heavy atom. The molecule has 88 valence electrons. The van der Waals surface area contributed by atoms with Gasteiger partial charge in [0, 0.05) is 10.7 Å². The minimum atomic E-state index is 0.437. The molecule has 1 heterocycles. The molecule has 1 aromatic heterocycles. The smallest absolute Gasteiger partial charge is 0.148 e. The van der Waals surface area contributed by atoms with E-state index in [1.54, 1.807) is 6.20 Å². The van der Waals surface area contributed by atoms with Crippen molar-refractivity contribution in [3.63, 3.8) is 0 Å². The third-order valence-corrected chi connectivity index (χ3v) is 4.31. The predicted molar refractivity (Wildman–Crippen MR) is 77.2 cm³/mol. The number of aromatic nitrogens is 2. The molecular formula is C10H5Br2Cl2N3. The monoisotopic (exact) mass is 395 g/mol. The Balaban J connectivity index is 2.38. The van der Waals surface area contributed by atoms with Crippen molar-refractivity contribution in [1.82, 2.24) is 9.97 Å². The van der Waals surface area contributed by atoms with Gasteiger partial charge in [0.15, 0.2) is 0 Å². The van der Waals surface area contributed by atoms with Gasteiger partial charge >= 0.3 is 0 Å². The summed E-state index contributed by atoms with van der Waals surface area (Å²) in [5.74, 6) is 0.625. The molecule has 0 spiro atoms. The molecular weight excluding hydrogens is 393 g/mol. The maximum Gasteiger partial charge on any atom is 0.148 e. The van der Waals surface area contributed by atoms with E-state index >= 15 is 0 Å². The molecule has 2 aromatic rings. The molecule has 0 fully saturated rings. The Morgan fingerprint density at radius 1 is 1.06 bits per heavy atom. The van der Waals surface area contributed by atoms with Gasteiger partial charge in [-0.2, -0.15) is 0 Å². The third kappa shape index (κ3) is 2.91. The predicted octanol–water partition coefficient (Wildman–Crippen LogP) is 5.05. The van der Waals surface area contributed by atoms with Crippen LogP contribution in [0, 0.1) is 0 Å². The summed E-state index contributed by atoms with van der Waals surface area (Å²) in [6.07, 6.45) is 3.09. The highest BCUT2D eigenvalue weighted by molar-refractivity contribution is 9.11. The summed E-state index contributed by atoms with van der Waals surface area (Å²) >= 11 is 18.8. The molecule has 2 rings (SSSR count). The summed E-state index contributed by atoms with van der Waals surface area (Å²) in [5, 5.41) is 3.97. The molecule has 17 heavy (non-hydrogen) atoms. The van der Waals surface area contributed by atoms with E-state index in [2.05, 4.69) is 47.1 Å². The zero-order valence-electron chi connectivity index (χ0n) is 8.22. The fourth-order valence-electron chi connectivity index (χ4n) is 1.15. The van der Waals surface area contributed by atoms with Crippen LogP contribution in [0.25, 0.3) is 0 Å². The molecule has 0 amide bonds. The lowest BCUT2D eigenvalue weighted by Crippen LogP contribution is -1.96. The highest BCUT2D eigenvalue weighted by Crippen LogP contribution is 2.37. The zero-order chi connectivity index (χ0) is 12.4. The van der Waals surface area contributed by atoms with Gasteiger partial charge in [0.25, 0.3) is 0 Å². The van der Waals surface area contributed by atoms with Gasteiger partial charge in [0.2, 0.25) is 0 Å². The van der Waals surface area contributed by atoms with E-state index in [1.807, 2.05) is 12.1 Å². The van der Waals surface area contributed by atoms with E-state index in [9.17, 15) is 0 Å². The normalized spacial score (nSPS) is 10.4. The Hall–Kier alpha value is -0.360. The van der Waals surface area contributed by atoms with Crippen molar-refractivity contribution < 1.29 is 0 Å². The number of halogens is 4. The minimum Gasteiger partial charge on any atom is -0.338 e. The van der Waals surface area contributed by atoms with E-state index < -0.39 is 0 Å². The van der Waals surface area contributed by atoms with E-state index in [-0.39, 0.29) is 0 Å². The average Bonchev–Trinajstić information content (AvgIpc) is 2.32. The van der Waals surface area contributed by atoms with Crippen LogP contribution in [-0.2, 0) is 0 Å². The average molecular weight is 398 g/mol. The standard InChI is InChI=1S/C10H5Br2Cl2N3/c11-5-1-2-7(9(14)8(5)13)17-10-6(12)3-15-4-16-10/h1-4H,(H,15,16,17). The summed E-state index contributed by atoms with van der Waals surface area (Å²) in [7, 11) is 0. The summed E-state index contributed by atoms with van der Waals surface area (Å²) in [6.45, 7) is 0. The Kier molecular flexibility index (Phi) is 4.25. The first-order valence-corrected chi connectivity index (χ1v) is 6.80. The van der Waals surface area contributed by atoms with Crippen LogP contribution < -0.4 is 5.32 Å². The number of rotatable bonds is 2. The molecule has 0 bridgehead atoms. The number of nitrogens with zero attached hydrogens (tertiary/aromatic N) is 2. The summed E-state index contributed by atoms with van der Waals surface area (Å²) in [6, 6.07) is 3.62. The topological polar surface area (TPSA) is 37.8 Å². The van der Waals surface area contributed by atoms with Crippen molar-refractivity contribution in [2.75, 3.05) is 5.32 Å². The highest BCUT2D eigenvalue weighted by atomic mass is 79.9. The van der Waals surface area contributed by atoms with Crippen LogP contribution in [0.1, 0.15) is 0 Å². The number of hydrogen-bond acceptors (Lipinski definition) is 3. The molecule has 1 N–H and O–H groups in total. The number of anilines is 2. The van der Waals surface area contributed by atoms with Crippen LogP contribution in [0.15, 0.2) is 33.6 Å². The molecule has 1 aromatic carbocycles. The van der Waals surface area contributed by atoms with Gasteiger partial charge in [-0.3, -0.25) is 0 Å². The lowest BCUT2D eigenvalue weighted by molar-refractivity contribution is 1.15. The van der Waals surface area contributed by atoms with E-state index in [0.717, 1.165) is 8.95 Å². The van der Waals surface area contributed by atoms with Crippen LogP contribution in [0.2, 0.25) is 10.0 Å². The first-order valence-electron chi connectivity index (χ1n) is 4.45. The first kappa shape index (κ1) is 13.1. The summed E-state index contributed by atoms with van der Waals surface area (Å²) in [5.41, 5.74) is 0.680. The second kappa shape index (κ2) is 5.52. The fraction of sp³-hybridized carbons (Fsp3) is 0. The van der Waals surface area contributed by atoms with Crippen LogP contribution >= 0.6 is 55.1 Å².